The lowest BCUT2D eigenvalue weighted by molar-refractivity contribution is 0.0955. The second-order valence-electron chi connectivity index (χ2n) is 6.99. The molecule has 132 valence electrons. The lowest BCUT2D eigenvalue weighted by Gasteiger charge is -2.18. The molecule has 2 aromatic rings. The van der Waals surface area contributed by atoms with Gasteiger partial charge in [-0.05, 0) is 41.2 Å². The zero-order valence-corrected chi connectivity index (χ0v) is 15.0. The van der Waals surface area contributed by atoms with E-state index < -0.39 is 0 Å². The van der Waals surface area contributed by atoms with E-state index in [2.05, 4.69) is 31.3 Å². The maximum Gasteiger partial charge on any atom is 0.271 e. The summed E-state index contributed by atoms with van der Waals surface area (Å²) in [5, 5.41) is 23.3. The van der Waals surface area contributed by atoms with Crippen LogP contribution in [-0.2, 0) is 12.0 Å². The van der Waals surface area contributed by atoms with E-state index in [1.54, 1.807) is 31.2 Å². The number of carbonyl (C=O) groups is 1. The Morgan fingerprint density at radius 2 is 1.80 bits per heavy atom. The third kappa shape index (κ3) is 4.45. The van der Waals surface area contributed by atoms with Crippen molar-refractivity contribution in [1.82, 2.24) is 5.43 Å². The number of aryl methyl sites for hydroxylation is 1. The van der Waals surface area contributed by atoms with E-state index in [9.17, 15) is 15.0 Å². The molecule has 3 N–H and O–H groups in total. The van der Waals surface area contributed by atoms with Crippen molar-refractivity contribution in [3.63, 3.8) is 0 Å². The van der Waals surface area contributed by atoms with Crippen LogP contribution in [0.3, 0.4) is 0 Å². The number of phenols is 1. The van der Waals surface area contributed by atoms with Gasteiger partial charge in [0.15, 0.2) is 0 Å². The molecule has 0 atom stereocenters. The molecule has 0 bridgehead atoms. The SMILES string of the molecule is Cc1ccc(CO)c(/C=N\NC(=O)c2ccc(C(C)(C)C)cc2)c1O. The smallest absolute Gasteiger partial charge is 0.271 e. The zero-order valence-electron chi connectivity index (χ0n) is 15.0. The highest BCUT2D eigenvalue weighted by Gasteiger charge is 2.14. The molecule has 25 heavy (non-hydrogen) atoms. The number of nitrogens with one attached hydrogen (secondary N) is 1. The molecule has 0 radical (unpaired) electrons. The molecule has 0 aliphatic heterocycles. The van der Waals surface area contributed by atoms with Crippen molar-refractivity contribution in [3.8, 4) is 5.75 Å². The van der Waals surface area contributed by atoms with Crippen LogP contribution in [0.2, 0.25) is 0 Å². The minimum Gasteiger partial charge on any atom is -0.507 e. The fourth-order valence-electron chi connectivity index (χ4n) is 2.38. The van der Waals surface area contributed by atoms with E-state index >= 15 is 0 Å². The fourth-order valence-corrected chi connectivity index (χ4v) is 2.38. The number of hydrazone groups is 1. The molecule has 1 amide bonds. The second kappa shape index (κ2) is 7.49. The van der Waals surface area contributed by atoms with Crippen molar-refractivity contribution >= 4 is 12.1 Å². The predicted octanol–water partition coefficient (Wildman–Crippen LogP) is 3.25. The Kier molecular flexibility index (Phi) is 5.59. The van der Waals surface area contributed by atoms with E-state index in [-0.39, 0.29) is 23.7 Å². The number of nitrogens with zero attached hydrogens (tertiary/aromatic N) is 1. The van der Waals surface area contributed by atoms with Crippen LogP contribution in [0.5, 0.6) is 5.75 Å². The number of aliphatic hydroxyl groups excluding tert-OH is 1. The van der Waals surface area contributed by atoms with Gasteiger partial charge in [0.2, 0.25) is 0 Å². The number of hydrogen-bond donors (Lipinski definition) is 3. The highest BCUT2D eigenvalue weighted by atomic mass is 16.3. The van der Waals surface area contributed by atoms with Gasteiger partial charge in [-0.25, -0.2) is 5.43 Å². The van der Waals surface area contributed by atoms with Crippen LogP contribution in [0.1, 0.15) is 53.4 Å². The van der Waals surface area contributed by atoms with Crippen LogP contribution in [0, 0.1) is 6.92 Å². The van der Waals surface area contributed by atoms with Gasteiger partial charge in [0.1, 0.15) is 5.75 Å². The minimum atomic E-state index is -0.339. The monoisotopic (exact) mass is 340 g/mol. The number of rotatable bonds is 4. The predicted molar refractivity (Wildman–Crippen MR) is 99.0 cm³/mol. The van der Waals surface area contributed by atoms with Crippen molar-refractivity contribution in [2.75, 3.05) is 0 Å². The Morgan fingerprint density at radius 3 is 2.36 bits per heavy atom. The molecule has 5 heteroatoms. The van der Waals surface area contributed by atoms with Crippen molar-refractivity contribution < 1.29 is 15.0 Å². The van der Waals surface area contributed by atoms with E-state index in [1.165, 1.54) is 6.21 Å². The largest absolute Gasteiger partial charge is 0.507 e. The normalized spacial score (nSPS) is 11.7. The van der Waals surface area contributed by atoms with Gasteiger partial charge in [-0.2, -0.15) is 5.10 Å². The molecular formula is C20H24N2O3. The molecule has 0 aliphatic rings. The molecule has 0 aliphatic carbocycles. The van der Waals surface area contributed by atoms with Crippen LogP contribution < -0.4 is 5.43 Å². The van der Waals surface area contributed by atoms with Gasteiger partial charge in [-0.3, -0.25) is 4.79 Å². The van der Waals surface area contributed by atoms with Gasteiger partial charge in [0.05, 0.1) is 12.8 Å². The maximum atomic E-state index is 12.2. The lowest BCUT2D eigenvalue weighted by atomic mass is 9.87. The zero-order chi connectivity index (χ0) is 18.6. The Labute approximate surface area is 148 Å². The number of phenolic OH excluding ortho intramolecular Hbond substituents is 1. The Hall–Kier alpha value is -2.66. The van der Waals surface area contributed by atoms with Crippen LogP contribution in [0.4, 0.5) is 0 Å². The van der Waals surface area contributed by atoms with Gasteiger partial charge in [0, 0.05) is 11.1 Å². The summed E-state index contributed by atoms with van der Waals surface area (Å²) in [4.78, 5) is 12.2. The maximum absolute atomic E-state index is 12.2. The Bertz CT molecular complexity index is 788. The van der Waals surface area contributed by atoms with Crippen molar-refractivity contribution in [1.29, 1.82) is 0 Å². The summed E-state index contributed by atoms with van der Waals surface area (Å²) in [5.74, 6) is -0.298. The molecule has 0 fully saturated rings. The van der Waals surface area contributed by atoms with Crippen molar-refractivity contribution in [2.24, 2.45) is 5.10 Å². The van der Waals surface area contributed by atoms with Crippen molar-refractivity contribution in [2.45, 2.75) is 39.7 Å². The van der Waals surface area contributed by atoms with Gasteiger partial charge in [-0.1, -0.05) is 45.0 Å². The number of benzene rings is 2. The van der Waals surface area contributed by atoms with E-state index in [4.69, 9.17) is 0 Å². The number of aromatic hydroxyl groups is 1. The molecule has 0 heterocycles. The van der Waals surface area contributed by atoms with E-state index in [0.29, 0.717) is 22.3 Å². The fraction of sp³-hybridized carbons (Fsp3) is 0.300. The van der Waals surface area contributed by atoms with E-state index in [0.717, 1.165) is 5.56 Å². The average Bonchev–Trinajstić information content (AvgIpc) is 2.58. The number of carbonyl (C=O) groups excluding carboxylic acids is 1. The first-order chi connectivity index (χ1) is 11.7. The van der Waals surface area contributed by atoms with Crippen LogP contribution in [0.15, 0.2) is 41.5 Å². The van der Waals surface area contributed by atoms with Crippen molar-refractivity contribution in [3.05, 3.63) is 64.2 Å². The second-order valence-corrected chi connectivity index (χ2v) is 6.99. The molecule has 2 aromatic carbocycles. The summed E-state index contributed by atoms with van der Waals surface area (Å²) in [7, 11) is 0. The number of aliphatic hydroxyl groups is 1. The van der Waals surface area contributed by atoms with E-state index in [1.807, 2.05) is 12.1 Å². The molecular weight excluding hydrogens is 316 g/mol. The molecule has 0 saturated carbocycles. The standard InChI is InChI=1S/C20H24N2O3/c1-13-5-6-15(12-23)17(18(13)24)11-21-22-19(25)14-7-9-16(10-8-14)20(2,3)4/h5-11,23-24H,12H2,1-4H3,(H,22,25)/b21-11-. The Balaban J connectivity index is 2.12. The highest BCUT2D eigenvalue weighted by molar-refractivity contribution is 5.95. The first kappa shape index (κ1) is 18.7. The van der Waals surface area contributed by atoms with Gasteiger partial charge < -0.3 is 10.2 Å². The number of amides is 1. The first-order valence-corrected chi connectivity index (χ1v) is 8.10. The number of hydrogen-bond acceptors (Lipinski definition) is 4. The average molecular weight is 340 g/mol. The Morgan fingerprint density at radius 1 is 1.16 bits per heavy atom. The summed E-state index contributed by atoms with van der Waals surface area (Å²) in [6.07, 6.45) is 1.34. The highest BCUT2D eigenvalue weighted by Crippen LogP contribution is 2.24. The topological polar surface area (TPSA) is 81.9 Å². The molecule has 2 rings (SSSR count). The summed E-state index contributed by atoms with van der Waals surface area (Å²) < 4.78 is 0. The van der Waals surface area contributed by atoms with Gasteiger partial charge >= 0.3 is 0 Å². The quantitative estimate of drug-likeness (QED) is 0.590. The lowest BCUT2D eigenvalue weighted by Crippen LogP contribution is -2.18. The van der Waals surface area contributed by atoms with Gasteiger partial charge in [0.25, 0.3) is 5.91 Å². The third-order valence-electron chi connectivity index (χ3n) is 4.05. The molecule has 0 aromatic heterocycles. The van der Waals surface area contributed by atoms with Crippen LogP contribution in [0.25, 0.3) is 0 Å². The molecule has 0 saturated heterocycles. The molecule has 0 spiro atoms. The first-order valence-electron chi connectivity index (χ1n) is 8.10. The van der Waals surface area contributed by atoms with Crippen LogP contribution in [-0.4, -0.2) is 22.3 Å². The summed E-state index contributed by atoms with van der Waals surface area (Å²) >= 11 is 0. The van der Waals surface area contributed by atoms with Gasteiger partial charge in [-0.15, -0.1) is 0 Å². The third-order valence-corrected chi connectivity index (χ3v) is 4.05. The minimum absolute atomic E-state index is 0.0244. The summed E-state index contributed by atoms with van der Waals surface area (Å²) in [6.45, 7) is 7.86. The summed E-state index contributed by atoms with van der Waals surface area (Å²) in [5.41, 5.74) is 5.71. The molecule has 5 nitrogen and oxygen atoms in total. The van der Waals surface area contributed by atoms with Crippen LogP contribution >= 0.6 is 0 Å². The summed E-state index contributed by atoms with van der Waals surface area (Å²) in [6, 6.07) is 10.8. The molecule has 0 unspecified atom stereocenters.